The molecule has 0 unspecified atom stereocenters. The first-order chi connectivity index (χ1) is 12.1. The zero-order chi connectivity index (χ0) is 17.4. The lowest BCUT2D eigenvalue weighted by molar-refractivity contribution is 0.429. The number of fused-ring (bicyclic) bond motifs is 1. The van der Waals surface area contributed by atoms with Gasteiger partial charge in [0.25, 0.3) is 0 Å². The first-order valence-corrected chi connectivity index (χ1v) is 8.71. The summed E-state index contributed by atoms with van der Waals surface area (Å²) in [5.41, 5.74) is 2.27. The summed E-state index contributed by atoms with van der Waals surface area (Å²) in [6.45, 7) is 1.96. The van der Waals surface area contributed by atoms with E-state index in [2.05, 4.69) is 38.6 Å². The van der Waals surface area contributed by atoms with Gasteiger partial charge in [-0.25, -0.2) is 14.4 Å². The van der Waals surface area contributed by atoms with E-state index in [-0.39, 0.29) is 5.03 Å². The van der Waals surface area contributed by atoms with Crippen LogP contribution in [0.3, 0.4) is 0 Å². The number of allylic oxidation sites excluding steroid dienone is 3. The summed E-state index contributed by atoms with van der Waals surface area (Å²) in [6.07, 6.45) is 4.54. The van der Waals surface area contributed by atoms with Gasteiger partial charge in [0.2, 0.25) is 0 Å². The Morgan fingerprint density at radius 1 is 1.32 bits per heavy atom. The topological polar surface area (TPSA) is 53.1 Å². The van der Waals surface area contributed by atoms with E-state index in [0.717, 1.165) is 29.7 Å². The molecule has 5 nitrogen and oxygen atoms in total. The van der Waals surface area contributed by atoms with Crippen molar-refractivity contribution in [2.24, 2.45) is 0 Å². The zero-order valence-electron chi connectivity index (χ0n) is 13.9. The quantitative estimate of drug-likeness (QED) is 0.874. The van der Waals surface area contributed by atoms with Crippen molar-refractivity contribution in [2.45, 2.75) is 18.9 Å². The zero-order valence-corrected chi connectivity index (χ0v) is 14.6. The van der Waals surface area contributed by atoms with Crippen LogP contribution in [0.4, 0.5) is 15.9 Å². The number of benzene rings is 1. The number of hydrogen-bond donors (Lipinski definition) is 2. The van der Waals surface area contributed by atoms with Gasteiger partial charge >= 0.3 is 0 Å². The number of nitrogens with one attached hydrogen (secondary N) is 2. The van der Waals surface area contributed by atoms with Crippen LogP contribution in [0, 0.1) is 0 Å². The molecule has 2 N–H and O–H groups in total. The lowest BCUT2D eigenvalue weighted by atomic mass is 10.1. The summed E-state index contributed by atoms with van der Waals surface area (Å²) in [7, 11) is 2.08. The lowest BCUT2D eigenvalue weighted by Gasteiger charge is -2.37. The van der Waals surface area contributed by atoms with Crippen molar-refractivity contribution in [2.75, 3.05) is 30.4 Å². The third kappa shape index (κ3) is 3.07. The summed E-state index contributed by atoms with van der Waals surface area (Å²) in [4.78, 5) is 10.9. The van der Waals surface area contributed by atoms with Crippen LogP contribution in [-0.4, -0.2) is 36.1 Å². The van der Waals surface area contributed by atoms with Crippen molar-refractivity contribution >= 4 is 34.0 Å². The van der Waals surface area contributed by atoms with Crippen LogP contribution in [0.2, 0.25) is 0 Å². The molecular weight excluding hydrogens is 341 g/mol. The predicted octanol–water partition coefficient (Wildman–Crippen LogP) is 3.55. The van der Waals surface area contributed by atoms with Crippen molar-refractivity contribution in [3.05, 3.63) is 47.2 Å². The normalized spacial score (nSPS) is 18.1. The minimum Gasteiger partial charge on any atom is -0.369 e. The Kier molecular flexibility index (Phi) is 4.31. The Morgan fingerprint density at radius 3 is 2.92 bits per heavy atom. The molecule has 0 amide bonds. The number of aromatic nitrogens is 2. The van der Waals surface area contributed by atoms with E-state index >= 15 is 0 Å². The lowest BCUT2D eigenvalue weighted by Crippen LogP contribution is -2.56. The third-order valence-corrected chi connectivity index (χ3v) is 5.13. The van der Waals surface area contributed by atoms with Gasteiger partial charge in [-0.3, -0.25) is 0 Å². The van der Waals surface area contributed by atoms with Crippen LogP contribution < -0.4 is 15.5 Å². The second-order valence-corrected chi connectivity index (χ2v) is 6.80. The van der Waals surface area contributed by atoms with Gasteiger partial charge in [-0.15, -0.1) is 0 Å². The Labute approximate surface area is 150 Å². The molecule has 2 heterocycles. The Morgan fingerprint density at radius 2 is 2.16 bits per heavy atom. The van der Waals surface area contributed by atoms with Crippen LogP contribution in [-0.2, 0) is 0 Å². The fraction of sp³-hybridized carbons (Fsp3) is 0.333. The molecule has 2 aliphatic rings. The number of hydrogen-bond acceptors (Lipinski definition) is 5. The first-order valence-electron chi connectivity index (χ1n) is 8.33. The highest BCUT2D eigenvalue weighted by molar-refractivity contribution is 6.30. The van der Waals surface area contributed by atoms with E-state index in [1.54, 1.807) is 0 Å². The van der Waals surface area contributed by atoms with Crippen molar-refractivity contribution in [3.63, 3.8) is 0 Å². The Balaban J connectivity index is 1.70. The summed E-state index contributed by atoms with van der Waals surface area (Å²) in [5.74, 6) is 0.174. The van der Waals surface area contributed by atoms with E-state index in [9.17, 15) is 4.39 Å². The monoisotopic (exact) mass is 359 g/mol. The Hall–Kier alpha value is -2.18. The number of nitrogens with zero attached hydrogens (tertiary/aromatic N) is 3. The maximum atomic E-state index is 14.3. The maximum absolute atomic E-state index is 14.3. The van der Waals surface area contributed by atoms with Crippen molar-refractivity contribution in [3.8, 4) is 0 Å². The third-order valence-electron chi connectivity index (χ3n) is 4.77. The minimum absolute atomic E-state index is 0.251. The van der Waals surface area contributed by atoms with Crippen molar-refractivity contribution in [1.82, 2.24) is 15.3 Å². The van der Waals surface area contributed by atoms with E-state index in [0.29, 0.717) is 30.4 Å². The van der Waals surface area contributed by atoms with Gasteiger partial charge in [-0.1, -0.05) is 17.7 Å². The van der Waals surface area contributed by atoms with Crippen molar-refractivity contribution in [1.29, 1.82) is 0 Å². The van der Waals surface area contributed by atoms with Gasteiger partial charge in [0.1, 0.15) is 12.1 Å². The molecule has 0 saturated carbocycles. The molecule has 4 rings (SSSR count). The molecule has 1 fully saturated rings. The molecule has 7 heteroatoms. The number of likely N-dealkylation sites (N-methyl/N-ethyl adjacent to an activating group) is 1. The van der Waals surface area contributed by atoms with E-state index in [4.69, 9.17) is 11.6 Å². The first kappa shape index (κ1) is 16.3. The molecule has 0 bridgehead atoms. The van der Waals surface area contributed by atoms with E-state index in [1.165, 1.54) is 6.33 Å². The number of rotatable bonds is 4. The van der Waals surface area contributed by atoms with Crippen LogP contribution in [0.5, 0.6) is 0 Å². The highest BCUT2D eigenvalue weighted by Crippen LogP contribution is 2.32. The van der Waals surface area contributed by atoms with Gasteiger partial charge < -0.3 is 15.5 Å². The van der Waals surface area contributed by atoms with Gasteiger partial charge in [0.05, 0.1) is 22.3 Å². The fourth-order valence-corrected chi connectivity index (χ4v) is 3.25. The summed E-state index contributed by atoms with van der Waals surface area (Å²) in [5, 5.41) is 7.47. The van der Waals surface area contributed by atoms with Crippen LogP contribution >= 0.6 is 11.6 Å². The largest absolute Gasteiger partial charge is 0.369 e. The summed E-state index contributed by atoms with van der Waals surface area (Å²) >= 11 is 5.95. The highest BCUT2D eigenvalue weighted by Gasteiger charge is 2.22. The molecule has 0 spiro atoms. The molecule has 1 aliphatic heterocycles. The van der Waals surface area contributed by atoms with Gasteiger partial charge in [-0.05, 0) is 31.0 Å². The van der Waals surface area contributed by atoms with Crippen LogP contribution in [0.15, 0.2) is 47.2 Å². The van der Waals surface area contributed by atoms with E-state index < -0.39 is 5.83 Å². The van der Waals surface area contributed by atoms with E-state index in [1.807, 2.05) is 18.2 Å². The number of anilines is 2. The maximum Gasteiger partial charge on any atom is 0.160 e. The summed E-state index contributed by atoms with van der Waals surface area (Å²) in [6, 6.07) is 6.55. The van der Waals surface area contributed by atoms with Crippen molar-refractivity contribution < 1.29 is 4.39 Å². The molecule has 25 heavy (non-hydrogen) atoms. The van der Waals surface area contributed by atoms with Crippen LogP contribution in [0.25, 0.3) is 10.9 Å². The van der Waals surface area contributed by atoms with Gasteiger partial charge in [0.15, 0.2) is 5.83 Å². The minimum atomic E-state index is -0.409. The molecular formula is C18H19ClFN5. The average Bonchev–Trinajstić information content (AvgIpc) is 2.57. The molecule has 2 aromatic rings. The predicted molar refractivity (Wildman–Crippen MR) is 99.5 cm³/mol. The molecule has 0 radical (unpaired) electrons. The van der Waals surface area contributed by atoms with Crippen LogP contribution in [0.1, 0.15) is 12.8 Å². The molecule has 1 aromatic heterocycles. The molecule has 130 valence electrons. The number of halogens is 2. The highest BCUT2D eigenvalue weighted by atomic mass is 35.5. The second kappa shape index (κ2) is 6.61. The Bertz CT molecular complexity index is 875. The molecule has 0 atom stereocenters. The average molecular weight is 360 g/mol. The molecule has 1 aliphatic carbocycles. The fourth-order valence-electron chi connectivity index (χ4n) is 3.04. The van der Waals surface area contributed by atoms with Gasteiger partial charge in [0, 0.05) is 31.2 Å². The second-order valence-electron chi connectivity index (χ2n) is 6.35. The molecule has 1 saturated heterocycles. The SMILES string of the molecule is CN(c1ccc2ncnc(NC3=CCCC(Cl)=C3F)c2c1)C1CNC1. The molecule has 1 aromatic carbocycles. The summed E-state index contributed by atoms with van der Waals surface area (Å²) < 4.78 is 14.3. The van der Waals surface area contributed by atoms with Gasteiger partial charge in [-0.2, -0.15) is 0 Å². The smallest absolute Gasteiger partial charge is 0.160 e. The standard InChI is InChI=1S/C18H19ClFN5/c1-25(12-8-21-9-12)11-5-6-15-13(7-11)18(23-10-22-15)24-16-4-2-3-14(19)17(16)20/h4-7,10,12,21H,2-3,8-9H2,1H3,(H,22,23,24).